The van der Waals surface area contributed by atoms with E-state index in [9.17, 15) is 14.4 Å². The number of rotatable bonds is 3. The number of amides is 3. The number of nitrogens with two attached hydrogens (primary N) is 1. The first kappa shape index (κ1) is 14.0. The Morgan fingerprint density at radius 3 is 2.32 bits per heavy atom. The lowest BCUT2D eigenvalue weighted by Gasteiger charge is -2.12. The minimum Gasteiger partial charge on any atom is -0.351 e. The standard InChI is InChI=1S/C17H14N2O3/c18-17(22)19-13-9-5-4-8-12(13)15(16(19)21)14(20)10-11-6-2-1-3-7-11/h1-9,15H,10H2,(H2,18,22). The molecule has 3 rings (SSSR count). The highest BCUT2D eigenvalue weighted by molar-refractivity contribution is 6.27. The number of benzene rings is 2. The number of nitrogens with zero attached hydrogens (tertiary/aromatic N) is 1. The molecular weight excluding hydrogens is 280 g/mol. The Kier molecular flexibility index (Phi) is 3.47. The number of Topliss-reactive ketones (excluding diaryl/α,β-unsaturated/α-hetero) is 1. The summed E-state index contributed by atoms with van der Waals surface area (Å²) in [5.41, 5.74) is 7.03. The minimum atomic E-state index is -0.969. The summed E-state index contributed by atoms with van der Waals surface area (Å²) in [4.78, 5) is 37.4. The molecule has 1 heterocycles. The van der Waals surface area contributed by atoms with E-state index < -0.39 is 17.9 Å². The minimum absolute atomic E-state index is 0.137. The third-order valence-corrected chi connectivity index (χ3v) is 3.72. The normalized spacial score (nSPS) is 16.5. The lowest BCUT2D eigenvalue weighted by molar-refractivity contribution is -0.127. The van der Waals surface area contributed by atoms with Gasteiger partial charge in [0.15, 0.2) is 5.78 Å². The molecule has 0 bridgehead atoms. The highest BCUT2D eigenvalue weighted by Crippen LogP contribution is 2.38. The van der Waals surface area contributed by atoms with Crippen molar-refractivity contribution in [3.8, 4) is 0 Å². The molecule has 2 aromatic rings. The maximum Gasteiger partial charge on any atom is 0.326 e. The maximum absolute atomic E-state index is 12.6. The zero-order chi connectivity index (χ0) is 15.7. The van der Waals surface area contributed by atoms with Crippen LogP contribution in [0.5, 0.6) is 0 Å². The van der Waals surface area contributed by atoms with Crippen LogP contribution in [-0.4, -0.2) is 17.7 Å². The van der Waals surface area contributed by atoms with Gasteiger partial charge in [0.1, 0.15) is 5.92 Å². The van der Waals surface area contributed by atoms with Gasteiger partial charge in [-0.05, 0) is 17.2 Å². The lowest BCUT2D eigenvalue weighted by Crippen LogP contribution is -2.40. The van der Waals surface area contributed by atoms with Crippen molar-refractivity contribution in [3.63, 3.8) is 0 Å². The summed E-state index contributed by atoms with van der Waals surface area (Å²) in [7, 11) is 0. The second kappa shape index (κ2) is 5.44. The smallest absolute Gasteiger partial charge is 0.326 e. The Bertz CT molecular complexity index is 756. The van der Waals surface area contributed by atoms with E-state index in [0.29, 0.717) is 11.3 Å². The third-order valence-electron chi connectivity index (χ3n) is 3.72. The predicted octanol–water partition coefficient (Wildman–Crippen LogP) is 2.01. The van der Waals surface area contributed by atoms with Gasteiger partial charge >= 0.3 is 6.03 Å². The number of primary amides is 1. The monoisotopic (exact) mass is 294 g/mol. The number of fused-ring (bicyclic) bond motifs is 1. The van der Waals surface area contributed by atoms with Crippen molar-refractivity contribution in [2.45, 2.75) is 12.3 Å². The van der Waals surface area contributed by atoms with Crippen LogP contribution in [0.3, 0.4) is 0 Å². The van der Waals surface area contributed by atoms with Crippen LogP contribution in [0.1, 0.15) is 17.0 Å². The van der Waals surface area contributed by atoms with Gasteiger partial charge in [0.2, 0.25) is 5.91 Å². The van der Waals surface area contributed by atoms with E-state index in [1.807, 2.05) is 30.3 Å². The highest BCUT2D eigenvalue weighted by atomic mass is 16.2. The molecule has 0 radical (unpaired) electrons. The first-order valence-corrected chi connectivity index (χ1v) is 6.88. The first-order chi connectivity index (χ1) is 10.6. The van der Waals surface area contributed by atoms with E-state index in [-0.39, 0.29) is 12.2 Å². The number of carbonyl (C=O) groups excluding carboxylic acids is 3. The quantitative estimate of drug-likeness (QED) is 0.879. The number of ketones is 1. The number of hydrogen-bond donors (Lipinski definition) is 1. The van der Waals surface area contributed by atoms with E-state index in [1.165, 1.54) is 0 Å². The molecule has 0 aliphatic carbocycles. The summed E-state index contributed by atoms with van der Waals surface area (Å²) >= 11 is 0. The molecule has 0 aromatic heterocycles. The number of anilines is 1. The largest absolute Gasteiger partial charge is 0.351 e. The maximum atomic E-state index is 12.6. The fourth-order valence-corrected chi connectivity index (χ4v) is 2.75. The molecule has 0 saturated carbocycles. The van der Waals surface area contributed by atoms with Crippen LogP contribution in [0.15, 0.2) is 54.6 Å². The molecule has 22 heavy (non-hydrogen) atoms. The van der Waals surface area contributed by atoms with Crippen molar-refractivity contribution >= 4 is 23.4 Å². The second-order valence-corrected chi connectivity index (χ2v) is 5.13. The van der Waals surface area contributed by atoms with E-state index in [0.717, 1.165) is 10.5 Å². The van der Waals surface area contributed by atoms with Crippen molar-refractivity contribution < 1.29 is 14.4 Å². The highest BCUT2D eigenvalue weighted by Gasteiger charge is 2.43. The fraction of sp³-hybridized carbons (Fsp3) is 0.118. The van der Waals surface area contributed by atoms with Crippen molar-refractivity contribution in [2.75, 3.05) is 4.90 Å². The van der Waals surface area contributed by atoms with Gasteiger partial charge in [-0.3, -0.25) is 9.59 Å². The van der Waals surface area contributed by atoms with Gasteiger partial charge in [-0.1, -0.05) is 48.5 Å². The predicted molar refractivity (Wildman–Crippen MR) is 81.4 cm³/mol. The first-order valence-electron chi connectivity index (χ1n) is 6.88. The van der Waals surface area contributed by atoms with Gasteiger partial charge < -0.3 is 5.73 Å². The molecule has 5 heteroatoms. The summed E-state index contributed by atoms with van der Waals surface area (Å²) in [5, 5.41) is 0. The number of carbonyl (C=O) groups is 3. The van der Waals surface area contributed by atoms with Gasteiger partial charge in [-0.15, -0.1) is 0 Å². The van der Waals surface area contributed by atoms with Crippen molar-refractivity contribution in [1.29, 1.82) is 0 Å². The molecule has 1 aliphatic rings. The van der Waals surface area contributed by atoms with E-state index in [4.69, 9.17) is 5.73 Å². The lowest BCUT2D eigenvalue weighted by atomic mass is 9.92. The van der Waals surface area contributed by atoms with Crippen LogP contribution in [-0.2, 0) is 16.0 Å². The van der Waals surface area contributed by atoms with Gasteiger partial charge in [0.05, 0.1) is 5.69 Å². The summed E-state index contributed by atoms with van der Waals surface area (Å²) < 4.78 is 0. The molecule has 0 fully saturated rings. The Morgan fingerprint density at radius 2 is 1.64 bits per heavy atom. The van der Waals surface area contributed by atoms with Crippen LogP contribution in [0.2, 0.25) is 0 Å². The summed E-state index contributed by atoms with van der Waals surface area (Å²) in [6.07, 6.45) is 0.137. The Labute approximate surface area is 127 Å². The van der Waals surface area contributed by atoms with Gasteiger partial charge in [0, 0.05) is 6.42 Å². The summed E-state index contributed by atoms with van der Waals surface area (Å²) in [6, 6.07) is 15.1. The van der Waals surface area contributed by atoms with Crippen LogP contribution < -0.4 is 10.6 Å². The average molecular weight is 294 g/mol. The van der Waals surface area contributed by atoms with Crippen molar-refractivity contribution in [3.05, 3.63) is 65.7 Å². The molecule has 1 unspecified atom stereocenters. The van der Waals surface area contributed by atoms with Gasteiger partial charge in [-0.25, -0.2) is 9.69 Å². The topological polar surface area (TPSA) is 80.5 Å². The average Bonchev–Trinajstić information content (AvgIpc) is 2.80. The number of imide groups is 1. The molecule has 2 N–H and O–H groups in total. The molecule has 110 valence electrons. The van der Waals surface area contributed by atoms with E-state index in [2.05, 4.69) is 0 Å². The molecule has 1 atom stereocenters. The molecule has 0 spiro atoms. The fourth-order valence-electron chi connectivity index (χ4n) is 2.75. The van der Waals surface area contributed by atoms with Crippen LogP contribution in [0, 0.1) is 0 Å². The zero-order valence-electron chi connectivity index (χ0n) is 11.7. The summed E-state index contributed by atoms with van der Waals surface area (Å²) in [6.45, 7) is 0. The Balaban J connectivity index is 1.95. The number of para-hydroxylation sites is 1. The van der Waals surface area contributed by atoms with Crippen molar-refractivity contribution in [2.24, 2.45) is 5.73 Å². The zero-order valence-corrected chi connectivity index (χ0v) is 11.7. The third kappa shape index (κ3) is 2.26. The number of urea groups is 1. The molecule has 0 saturated heterocycles. The van der Waals surface area contributed by atoms with Crippen molar-refractivity contribution in [1.82, 2.24) is 0 Å². The molecule has 3 amide bonds. The van der Waals surface area contributed by atoms with Gasteiger partial charge in [0.25, 0.3) is 0 Å². The molecule has 1 aliphatic heterocycles. The molecule has 2 aromatic carbocycles. The molecular formula is C17H14N2O3. The van der Waals surface area contributed by atoms with E-state index >= 15 is 0 Å². The van der Waals surface area contributed by atoms with E-state index in [1.54, 1.807) is 24.3 Å². The second-order valence-electron chi connectivity index (χ2n) is 5.13. The van der Waals surface area contributed by atoms with Crippen LogP contribution in [0.4, 0.5) is 10.5 Å². The Hall–Kier alpha value is -2.95. The Morgan fingerprint density at radius 1 is 1.00 bits per heavy atom. The molecule has 5 nitrogen and oxygen atoms in total. The van der Waals surface area contributed by atoms with Gasteiger partial charge in [-0.2, -0.15) is 0 Å². The SMILES string of the molecule is NC(=O)N1C(=O)C(C(=O)Cc2ccccc2)c2ccccc21. The van der Waals surface area contributed by atoms with Crippen LogP contribution in [0.25, 0.3) is 0 Å². The summed E-state index contributed by atoms with van der Waals surface area (Å²) in [5.74, 6) is -1.79. The van der Waals surface area contributed by atoms with Crippen LogP contribution >= 0.6 is 0 Å². The number of hydrogen-bond acceptors (Lipinski definition) is 3.